The molecule has 0 amide bonds. The second kappa shape index (κ2) is 5.61. The fourth-order valence-electron chi connectivity index (χ4n) is 1.59. The van der Waals surface area contributed by atoms with E-state index in [1.807, 2.05) is 20.8 Å². The van der Waals surface area contributed by atoms with Gasteiger partial charge in [-0.15, -0.1) is 0 Å². The Labute approximate surface area is 131 Å². The lowest BCUT2D eigenvalue weighted by Gasteiger charge is -2.14. The van der Waals surface area contributed by atoms with Gasteiger partial charge < -0.3 is 11.1 Å². The van der Waals surface area contributed by atoms with Crippen LogP contribution in [0.25, 0.3) is 0 Å². The molecule has 3 N–H and O–H groups in total. The lowest BCUT2D eigenvalue weighted by Crippen LogP contribution is -2.20. The number of aromatic nitrogens is 1. The maximum atomic E-state index is 13.1. The van der Waals surface area contributed by atoms with Crippen LogP contribution >= 0.6 is 22.9 Å². The molecule has 0 saturated heterocycles. The first kappa shape index (κ1) is 15.7. The molecule has 2 aromatic rings. The molecule has 2 rings (SSSR count). The molecule has 4 nitrogen and oxygen atoms in total. The number of nitrogens with zero attached hydrogens (tertiary/aromatic N) is 1. The van der Waals surface area contributed by atoms with Crippen molar-refractivity contribution in [2.45, 2.75) is 20.8 Å². The van der Waals surface area contributed by atoms with Gasteiger partial charge in [0.05, 0.1) is 5.02 Å². The lowest BCUT2D eigenvalue weighted by atomic mass is 9.90. The van der Waals surface area contributed by atoms with Crippen molar-refractivity contribution in [3.05, 3.63) is 33.9 Å². The monoisotopic (exact) mass is 327 g/mol. The van der Waals surface area contributed by atoms with Crippen molar-refractivity contribution in [3.63, 3.8) is 0 Å². The summed E-state index contributed by atoms with van der Waals surface area (Å²) >= 11 is 6.88. The minimum atomic E-state index is -0.531. The Hall–Kier alpha value is -1.66. The van der Waals surface area contributed by atoms with Crippen molar-refractivity contribution in [2.75, 3.05) is 11.1 Å². The predicted molar refractivity (Wildman–Crippen MR) is 85.0 cm³/mol. The smallest absolute Gasteiger partial charge is 0.189 e. The van der Waals surface area contributed by atoms with Gasteiger partial charge in [0.15, 0.2) is 10.9 Å². The van der Waals surface area contributed by atoms with Gasteiger partial charge in [0.1, 0.15) is 16.5 Å². The van der Waals surface area contributed by atoms with E-state index in [0.717, 1.165) is 0 Å². The number of hydrogen-bond donors (Lipinski definition) is 2. The maximum Gasteiger partial charge on any atom is 0.189 e. The van der Waals surface area contributed by atoms with Crippen LogP contribution in [0.2, 0.25) is 5.02 Å². The number of nitrogens with two attached hydrogens (primary N) is 1. The molecule has 0 aliphatic heterocycles. The van der Waals surface area contributed by atoms with Gasteiger partial charge in [0.25, 0.3) is 0 Å². The van der Waals surface area contributed by atoms with Gasteiger partial charge >= 0.3 is 0 Å². The van der Waals surface area contributed by atoms with E-state index in [2.05, 4.69) is 10.3 Å². The van der Waals surface area contributed by atoms with Gasteiger partial charge in [-0.1, -0.05) is 43.7 Å². The number of hydrogen-bond acceptors (Lipinski definition) is 5. The second-order valence-electron chi connectivity index (χ2n) is 5.57. The highest BCUT2D eigenvalue weighted by Gasteiger charge is 2.27. The molecule has 0 spiro atoms. The number of anilines is 3. The van der Waals surface area contributed by atoms with E-state index >= 15 is 0 Å². The summed E-state index contributed by atoms with van der Waals surface area (Å²) in [6, 6.07) is 4.23. The molecule has 0 aliphatic rings. The van der Waals surface area contributed by atoms with Crippen molar-refractivity contribution in [1.82, 2.24) is 4.98 Å². The third-order valence-electron chi connectivity index (χ3n) is 2.71. The molecule has 0 unspecified atom stereocenters. The Morgan fingerprint density at radius 1 is 1.43 bits per heavy atom. The molecule has 0 saturated carbocycles. The summed E-state index contributed by atoms with van der Waals surface area (Å²) in [5.74, 6) is -0.372. The highest BCUT2D eigenvalue weighted by molar-refractivity contribution is 7.18. The van der Waals surface area contributed by atoms with Gasteiger partial charge in [-0.25, -0.2) is 9.37 Å². The SMILES string of the molecule is CC(C)(C)C(=O)c1sc(Nc2ccc(F)c(Cl)c2)nc1N. The van der Waals surface area contributed by atoms with E-state index in [4.69, 9.17) is 17.3 Å². The van der Waals surface area contributed by atoms with E-state index in [9.17, 15) is 9.18 Å². The summed E-state index contributed by atoms with van der Waals surface area (Å²) in [7, 11) is 0. The summed E-state index contributed by atoms with van der Waals surface area (Å²) < 4.78 is 13.1. The van der Waals surface area contributed by atoms with Crippen LogP contribution in [0, 0.1) is 11.2 Å². The summed E-state index contributed by atoms with van der Waals surface area (Å²) in [5.41, 5.74) is 5.84. The molecule has 1 heterocycles. The molecule has 112 valence electrons. The van der Waals surface area contributed by atoms with Gasteiger partial charge in [0.2, 0.25) is 0 Å². The van der Waals surface area contributed by atoms with Crippen LogP contribution in [0.5, 0.6) is 0 Å². The van der Waals surface area contributed by atoms with Crippen molar-refractivity contribution in [3.8, 4) is 0 Å². The van der Waals surface area contributed by atoms with E-state index < -0.39 is 11.2 Å². The van der Waals surface area contributed by atoms with E-state index in [1.165, 1.54) is 29.5 Å². The summed E-state index contributed by atoms with van der Waals surface area (Å²) in [4.78, 5) is 16.8. The predicted octanol–water partition coefficient (Wildman–Crippen LogP) is 4.49. The Morgan fingerprint density at radius 3 is 2.67 bits per heavy atom. The Bertz CT molecular complexity index is 694. The van der Waals surface area contributed by atoms with Crippen molar-refractivity contribution in [1.29, 1.82) is 0 Å². The molecule has 0 radical (unpaired) electrons. The van der Waals surface area contributed by atoms with Crippen LogP contribution in [-0.4, -0.2) is 10.8 Å². The van der Waals surface area contributed by atoms with Crippen molar-refractivity contribution >= 4 is 45.4 Å². The van der Waals surface area contributed by atoms with E-state index in [0.29, 0.717) is 15.7 Å². The molecular weight excluding hydrogens is 313 g/mol. The zero-order valence-corrected chi connectivity index (χ0v) is 13.4. The summed E-state index contributed by atoms with van der Waals surface area (Å²) in [6.07, 6.45) is 0. The quantitative estimate of drug-likeness (QED) is 0.815. The molecule has 0 aliphatic carbocycles. The number of carbonyl (C=O) groups excluding carboxylic acids is 1. The average Bonchev–Trinajstić information content (AvgIpc) is 2.72. The fraction of sp³-hybridized carbons (Fsp3) is 0.286. The molecule has 1 aromatic heterocycles. The van der Waals surface area contributed by atoms with Crippen molar-refractivity contribution in [2.24, 2.45) is 5.41 Å². The van der Waals surface area contributed by atoms with Gasteiger partial charge in [-0.3, -0.25) is 4.79 Å². The highest BCUT2D eigenvalue weighted by Crippen LogP contribution is 2.33. The molecule has 1 aromatic carbocycles. The Balaban J connectivity index is 2.27. The van der Waals surface area contributed by atoms with Gasteiger partial charge in [-0.2, -0.15) is 0 Å². The highest BCUT2D eigenvalue weighted by atomic mass is 35.5. The number of nitrogen functional groups attached to an aromatic ring is 1. The van der Waals surface area contributed by atoms with Crippen LogP contribution in [0.1, 0.15) is 30.4 Å². The number of Topliss-reactive ketones (excluding diaryl/α,β-unsaturated/α-hetero) is 1. The van der Waals surface area contributed by atoms with E-state index in [-0.39, 0.29) is 16.6 Å². The second-order valence-corrected chi connectivity index (χ2v) is 6.97. The Morgan fingerprint density at radius 2 is 2.10 bits per heavy atom. The number of ketones is 1. The minimum absolute atomic E-state index is 0.00974. The van der Waals surface area contributed by atoms with Crippen LogP contribution in [-0.2, 0) is 0 Å². The molecule has 0 bridgehead atoms. The zero-order chi connectivity index (χ0) is 15.8. The number of carbonyl (C=O) groups is 1. The average molecular weight is 328 g/mol. The number of nitrogens with one attached hydrogen (secondary N) is 1. The first-order chi connectivity index (χ1) is 9.68. The normalized spacial score (nSPS) is 11.5. The zero-order valence-electron chi connectivity index (χ0n) is 11.8. The minimum Gasteiger partial charge on any atom is -0.382 e. The number of benzene rings is 1. The van der Waals surface area contributed by atoms with Crippen LogP contribution in [0.4, 0.5) is 21.0 Å². The molecular formula is C14H15ClFN3OS. The van der Waals surface area contributed by atoms with Crippen LogP contribution in [0.3, 0.4) is 0 Å². The summed E-state index contributed by atoms with van der Waals surface area (Å²) in [6.45, 7) is 5.46. The third-order valence-corrected chi connectivity index (χ3v) is 3.99. The van der Waals surface area contributed by atoms with Crippen LogP contribution < -0.4 is 11.1 Å². The lowest BCUT2D eigenvalue weighted by molar-refractivity contribution is 0.0863. The first-order valence-corrected chi connectivity index (χ1v) is 7.41. The number of rotatable bonds is 3. The van der Waals surface area contributed by atoms with E-state index in [1.54, 1.807) is 0 Å². The largest absolute Gasteiger partial charge is 0.382 e. The molecule has 7 heteroatoms. The third kappa shape index (κ3) is 3.51. The standard InChI is InChI=1S/C14H15ClFN3OS/c1-14(2,3)11(20)10-12(17)19-13(21-10)18-7-4-5-9(16)8(15)6-7/h4-6H,17H2,1-3H3,(H,18,19). The summed E-state index contributed by atoms with van der Waals surface area (Å²) in [5, 5.41) is 3.43. The topological polar surface area (TPSA) is 68.0 Å². The molecule has 21 heavy (non-hydrogen) atoms. The number of halogens is 2. The molecule has 0 fully saturated rings. The number of thiazole rings is 1. The van der Waals surface area contributed by atoms with Crippen molar-refractivity contribution < 1.29 is 9.18 Å². The van der Waals surface area contributed by atoms with Gasteiger partial charge in [-0.05, 0) is 18.2 Å². The Kier molecular flexibility index (Phi) is 4.20. The molecule has 0 atom stereocenters. The van der Waals surface area contributed by atoms with Crippen LogP contribution in [0.15, 0.2) is 18.2 Å². The fourth-order valence-corrected chi connectivity index (χ4v) is 2.82. The van der Waals surface area contributed by atoms with Gasteiger partial charge in [0, 0.05) is 11.1 Å². The maximum absolute atomic E-state index is 13.1. The first-order valence-electron chi connectivity index (χ1n) is 6.21.